The van der Waals surface area contributed by atoms with E-state index in [1.54, 1.807) is 18.2 Å². The zero-order valence-corrected chi connectivity index (χ0v) is 19.2. The summed E-state index contributed by atoms with van der Waals surface area (Å²) in [5.41, 5.74) is 6.29. The van der Waals surface area contributed by atoms with Crippen LogP contribution < -0.4 is 20.9 Å². The molecule has 34 heavy (non-hydrogen) atoms. The van der Waals surface area contributed by atoms with Gasteiger partial charge in [0, 0.05) is 12.6 Å². The van der Waals surface area contributed by atoms with Crippen molar-refractivity contribution in [1.82, 2.24) is 19.1 Å². The maximum Gasteiger partial charge on any atom is 0.334 e. The van der Waals surface area contributed by atoms with Crippen LogP contribution in [0.25, 0.3) is 28.2 Å². The Morgan fingerprint density at radius 1 is 1.12 bits per heavy atom. The topological polar surface area (TPSA) is 114 Å². The van der Waals surface area contributed by atoms with Gasteiger partial charge in [0.1, 0.15) is 11.3 Å². The first kappa shape index (κ1) is 23.0. The summed E-state index contributed by atoms with van der Waals surface area (Å²) < 4.78 is 27.5. The van der Waals surface area contributed by atoms with Crippen molar-refractivity contribution in [2.75, 3.05) is 6.61 Å². The highest BCUT2D eigenvalue weighted by Gasteiger charge is 2.23. The first-order valence-corrected chi connectivity index (χ1v) is 10.7. The van der Waals surface area contributed by atoms with Gasteiger partial charge in [-0.3, -0.25) is 9.36 Å². The quantitative estimate of drug-likeness (QED) is 0.448. The van der Waals surface area contributed by atoms with Gasteiger partial charge in [-0.1, -0.05) is 0 Å². The third kappa shape index (κ3) is 4.09. The molecule has 0 bridgehead atoms. The summed E-state index contributed by atoms with van der Waals surface area (Å²) in [4.78, 5) is 34.3. The van der Waals surface area contributed by atoms with Gasteiger partial charge >= 0.3 is 5.69 Å². The first-order valence-electron chi connectivity index (χ1n) is 10.7. The minimum absolute atomic E-state index is 0.0615. The first-order chi connectivity index (χ1) is 16.2. The Balaban J connectivity index is 1.99. The molecule has 2 heterocycles. The van der Waals surface area contributed by atoms with Crippen molar-refractivity contribution in [3.63, 3.8) is 0 Å². The van der Waals surface area contributed by atoms with E-state index in [0.29, 0.717) is 29.4 Å². The van der Waals surface area contributed by atoms with Gasteiger partial charge in [-0.05, 0) is 63.2 Å². The molecule has 0 spiro atoms. The number of amides is 1. The lowest BCUT2D eigenvalue weighted by Crippen LogP contribution is -2.21. The highest BCUT2D eigenvalue weighted by atomic mass is 19.1. The number of rotatable bonds is 7. The second kappa shape index (κ2) is 8.97. The number of nitrogens with two attached hydrogens (primary N) is 1. The van der Waals surface area contributed by atoms with Crippen molar-refractivity contribution in [1.29, 1.82) is 0 Å². The van der Waals surface area contributed by atoms with Gasteiger partial charge in [0.25, 0.3) is 5.91 Å². The lowest BCUT2D eigenvalue weighted by molar-refractivity contribution is 0.0997. The van der Waals surface area contributed by atoms with Crippen LogP contribution in [0.2, 0.25) is 0 Å². The minimum atomic E-state index is -0.815. The van der Waals surface area contributed by atoms with Crippen LogP contribution in [0.5, 0.6) is 11.5 Å². The van der Waals surface area contributed by atoms with E-state index in [2.05, 4.69) is 9.97 Å². The molecule has 10 heteroatoms. The number of carbonyl (C=O) groups excluding carboxylic acids is 1. The Hall–Kier alpha value is -4.21. The number of benzene rings is 2. The normalized spacial score (nSPS) is 11.2. The summed E-state index contributed by atoms with van der Waals surface area (Å²) in [6.45, 7) is 6.08. The third-order valence-electron chi connectivity index (χ3n) is 5.07. The van der Waals surface area contributed by atoms with E-state index in [9.17, 15) is 14.0 Å². The number of hydrogen-bond donors (Lipinski definition) is 1. The van der Waals surface area contributed by atoms with Crippen molar-refractivity contribution in [2.24, 2.45) is 12.8 Å². The fraction of sp³-hybridized carbons (Fsp3) is 0.250. The molecule has 176 valence electrons. The highest BCUT2D eigenvalue weighted by Crippen LogP contribution is 2.33. The molecule has 4 rings (SSSR count). The molecular weight excluding hydrogens is 441 g/mol. The summed E-state index contributed by atoms with van der Waals surface area (Å²) in [6, 6.07) is 10.5. The maximum atomic E-state index is 13.5. The fourth-order valence-electron chi connectivity index (χ4n) is 3.63. The summed E-state index contributed by atoms with van der Waals surface area (Å²) in [7, 11) is 1.49. The molecule has 0 radical (unpaired) electrons. The van der Waals surface area contributed by atoms with E-state index >= 15 is 0 Å². The average molecular weight is 465 g/mol. The van der Waals surface area contributed by atoms with Crippen LogP contribution in [0.15, 0.2) is 47.3 Å². The van der Waals surface area contributed by atoms with Crippen molar-refractivity contribution < 1.29 is 18.7 Å². The van der Waals surface area contributed by atoms with Crippen LogP contribution in [0.1, 0.15) is 31.3 Å². The van der Waals surface area contributed by atoms with Gasteiger partial charge in [0.2, 0.25) is 0 Å². The number of imidazole rings is 1. The van der Waals surface area contributed by atoms with E-state index in [4.69, 9.17) is 15.2 Å². The molecule has 0 aliphatic heterocycles. The molecule has 0 aliphatic carbocycles. The van der Waals surface area contributed by atoms with E-state index in [-0.39, 0.29) is 28.8 Å². The number of fused-ring (bicyclic) bond motifs is 1. The molecule has 0 saturated heterocycles. The molecule has 2 aromatic heterocycles. The van der Waals surface area contributed by atoms with Gasteiger partial charge in [-0.15, -0.1) is 0 Å². The maximum absolute atomic E-state index is 13.5. The lowest BCUT2D eigenvalue weighted by Gasteiger charge is -2.15. The molecular formula is C24H24FN5O4. The predicted molar refractivity (Wildman–Crippen MR) is 125 cm³/mol. The standard InChI is InChI=1S/C24H24FN5O4/c1-5-33-18-12-14(6-11-17(18)34-13(2)3)22-27-19(21(26)31)20-23(28-22)30(24(32)29(20)4)16-9-7-15(25)8-10-16/h6-13H,5H2,1-4H3,(H2,26,31). The number of aromatic nitrogens is 4. The summed E-state index contributed by atoms with van der Waals surface area (Å²) in [5.74, 6) is -0.0517. The van der Waals surface area contributed by atoms with Crippen LogP contribution in [0.3, 0.4) is 0 Å². The number of aryl methyl sites for hydroxylation is 1. The van der Waals surface area contributed by atoms with E-state index < -0.39 is 17.4 Å². The Morgan fingerprint density at radius 2 is 1.82 bits per heavy atom. The predicted octanol–water partition coefficient (Wildman–Crippen LogP) is 3.21. The van der Waals surface area contributed by atoms with Crippen LogP contribution in [0, 0.1) is 5.82 Å². The van der Waals surface area contributed by atoms with E-state index in [1.807, 2.05) is 20.8 Å². The number of hydrogen-bond acceptors (Lipinski definition) is 6. The molecule has 4 aromatic rings. The monoisotopic (exact) mass is 465 g/mol. The van der Waals surface area contributed by atoms with E-state index in [0.717, 1.165) is 0 Å². The van der Waals surface area contributed by atoms with Crippen molar-refractivity contribution >= 4 is 17.1 Å². The Kier molecular flexibility index (Phi) is 6.06. The van der Waals surface area contributed by atoms with Crippen LogP contribution >= 0.6 is 0 Å². The molecule has 0 atom stereocenters. The van der Waals surface area contributed by atoms with E-state index in [1.165, 1.54) is 40.4 Å². The smallest absolute Gasteiger partial charge is 0.334 e. The molecule has 2 N–H and O–H groups in total. The van der Waals surface area contributed by atoms with Crippen LogP contribution in [-0.2, 0) is 7.05 Å². The number of carbonyl (C=O) groups is 1. The SMILES string of the molecule is CCOc1cc(-c2nc(C(N)=O)c3c(n2)n(-c2ccc(F)cc2)c(=O)n3C)ccc1OC(C)C. The van der Waals surface area contributed by atoms with Crippen LogP contribution in [0.4, 0.5) is 4.39 Å². The highest BCUT2D eigenvalue weighted by molar-refractivity contribution is 6.02. The van der Waals surface area contributed by atoms with Gasteiger partial charge in [-0.2, -0.15) is 0 Å². The van der Waals surface area contributed by atoms with Crippen LogP contribution in [-0.4, -0.2) is 37.7 Å². The average Bonchev–Trinajstić information content (AvgIpc) is 3.05. The van der Waals surface area contributed by atoms with Gasteiger partial charge in [0.15, 0.2) is 28.7 Å². The summed E-state index contributed by atoms with van der Waals surface area (Å²) >= 11 is 0. The Labute approximate surface area is 194 Å². The number of nitrogens with zero attached hydrogens (tertiary/aromatic N) is 4. The molecule has 0 saturated carbocycles. The van der Waals surface area contributed by atoms with Crippen molar-refractivity contribution in [3.8, 4) is 28.6 Å². The van der Waals surface area contributed by atoms with Gasteiger partial charge in [0.05, 0.1) is 18.4 Å². The van der Waals surface area contributed by atoms with Gasteiger partial charge in [-0.25, -0.2) is 23.7 Å². The number of halogens is 1. The zero-order chi connectivity index (χ0) is 24.6. The zero-order valence-electron chi connectivity index (χ0n) is 19.2. The summed E-state index contributed by atoms with van der Waals surface area (Å²) in [5, 5.41) is 0. The second-order valence-corrected chi connectivity index (χ2v) is 7.85. The summed E-state index contributed by atoms with van der Waals surface area (Å²) in [6.07, 6.45) is -0.0615. The second-order valence-electron chi connectivity index (χ2n) is 7.85. The van der Waals surface area contributed by atoms with Crippen molar-refractivity contribution in [3.05, 3.63) is 64.5 Å². The number of ether oxygens (including phenoxy) is 2. The fourth-order valence-corrected chi connectivity index (χ4v) is 3.63. The largest absolute Gasteiger partial charge is 0.490 e. The Bertz CT molecular complexity index is 1440. The minimum Gasteiger partial charge on any atom is -0.490 e. The molecule has 2 aromatic carbocycles. The molecule has 0 fully saturated rings. The third-order valence-corrected chi connectivity index (χ3v) is 5.07. The molecule has 1 amide bonds. The van der Waals surface area contributed by atoms with Gasteiger partial charge < -0.3 is 15.2 Å². The molecule has 9 nitrogen and oxygen atoms in total. The van der Waals surface area contributed by atoms with Crippen molar-refractivity contribution in [2.45, 2.75) is 26.9 Å². The molecule has 0 unspecified atom stereocenters. The Morgan fingerprint density at radius 3 is 2.44 bits per heavy atom. The molecule has 0 aliphatic rings. The lowest BCUT2D eigenvalue weighted by atomic mass is 10.1. The number of primary amides is 1.